The van der Waals surface area contributed by atoms with E-state index < -0.39 is 0 Å². The summed E-state index contributed by atoms with van der Waals surface area (Å²) in [6.07, 6.45) is 4.25. The Morgan fingerprint density at radius 1 is 1.07 bits per heavy atom. The van der Waals surface area contributed by atoms with Gasteiger partial charge < -0.3 is 15.8 Å². The number of aliphatic imine (C=N–C) groups is 1. The van der Waals surface area contributed by atoms with Crippen LogP contribution in [-0.4, -0.2) is 26.3 Å². The number of hydrogen-bond acceptors (Lipinski definition) is 7. The molecular formula is C19H13BrClN7O. The van der Waals surface area contributed by atoms with Gasteiger partial charge in [0.2, 0.25) is 0 Å². The van der Waals surface area contributed by atoms with Crippen molar-refractivity contribution in [2.45, 2.75) is 0 Å². The predicted molar refractivity (Wildman–Crippen MR) is 116 cm³/mol. The Morgan fingerprint density at radius 3 is 2.69 bits per heavy atom. The van der Waals surface area contributed by atoms with Gasteiger partial charge in [-0.15, -0.1) is 0 Å². The molecule has 8 nitrogen and oxygen atoms in total. The molecular weight excluding hydrogens is 458 g/mol. The van der Waals surface area contributed by atoms with E-state index in [2.05, 4.69) is 46.2 Å². The molecule has 144 valence electrons. The van der Waals surface area contributed by atoms with Gasteiger partial charge in [0.1, 0.15) is 28.5 Å². The van der Waals surface area contributed by atoms with E-state index >= 15 is 0 Å². The number of nitrogens with two attached hydrogens (primary N) is 1. The summed E-state index contributed by atoms with van der Waals surface area (Å²) in [6.45, 7) is 0. The van der Waals surface area contributed by atoms with Gasteiger partial charge in [0, 0.05) is 18.0 Å². The van der Waals surface area contributed by atoms with Gasteiger partial charge in [-0.2, -0.15) is 0 Å². The van der Waals surface area contributed by atoms with E-state index in [9.17, 15) is 0 Å². The van der Waals surface area contributed by atoms with Crippen molar-refractivity contribution < 1.29 is 4.74 Å². The molecule has 0 saturated heterocycles. The largest absolute Gasteiger partial charge is 0.457 e. The van der Waals surface area contributed by atoms with Crippen LogP contribution in [0.15, 0.2) is 64.5 Å². The van der Waals surface area contributed by atoms with Gasteiger partial charge in [0.05, 0.1) is 16.3 Å². The molecule has 3 aromatic heterocycles. The molecule has 0 aliphatic carbocycles. The Balaban J connectivity index is 1.54. The zero-order valence-electron chi connectivity index (χ0n) is 14.8. The number of nitrogens with zero attached hydrogens (tertiary/aromatic N) is 5. The van der Waals surface area contributed by atoms with E-state index in [1.807, 2.05) is 24.3 Å². The van der Waals surface area contributed by atoms with E-state index in [0.29, 0.717) is 43.8 Å². The third kappa shape index (κ3) is 4.41. The molecule has 4 aromatic rings. The second-order valence-electron chi connectivity index (χ2n) is 5.73. The highest BCUT2D eigenvalue weighted by Crippen LogP contribution is 2.29. The summed E-state index contributed by atoms with van der Waals surface area (Å²) in [6, 6.07) is 12.6. The average molecular weight is 471 g/mol. The molecule has 0 fully saturated rings. The molecule has 0 aliphatic heterocycles. The third-order valence-electron chi connectivity index (χ3n) is 3.80. The van der Waals surface area contributed by atoms with Crippen molar-refractivity contribution in [2.75, 3.05) is 5.32 Å². The van der Waals surface area contributed by atoms with E-state index in [0.717, 1.165) is 5.69 Å². The average Bonchev–Trinajstić information content (AvgIpc) is 2.71. The first-order chi connectivity index (χ1) is 14.1. The van der Waals surface area contributed by atoms with Crippen LogP contribution in [0.2, 0.25) is 5.15 Å². The SMILES string of the molecule is NC=Nc1cc(Oc2ccc(Nc3ncnc4cc(Br)c(Cl)nc34)cc2)ccn1. The molecule has 0 unspecified atom stereocenters. The quantitative estimate of drug-likeness (QED) is 0.240. The first-order valence-electron chi connectivity index (χ1n) is 8.34. The lowest BCUT2D eigenvalue weighted by Gasteiger charge is -2.10. The minimum absolute atomic E-state index is 0.342. The summed E-state index contributed by atoms with van der Waals surface area (Å²) in [5.74, 6) is 2.28. The summed E-state index contributed by atoms with van der Waals surface area (Å²) < 4.78 is 6.50. The van der Waals surface area contributed by atoms with Gasteiger partial charge in [-0.05, 0) is 52.3 Å². The fraction of sp³-hybridized carbons (Fsp3) is 0. The van der Waals surface area contributed by atoms with Crippen molar-refractivity contribution in [3.05, 3.63) is 64.6 Å². The number of anilines is 2. The molecule has 0 bridgehead atoms. The van der Waals surface area contributed by atoms with Crippen LogP contribution in [0.5, 0.6) is 11.5 Å². The first kappa shape index (κ1) is 19.0. The summed E-state index contributed by atoms with van der Waals surface area (Å²) in [7, 11) is 0. The van der Waals surface area contributed by atoms with Crippen LogP contribution in [0.25, 0.3) is 11.0 Å². The van der Waals surface area contributed by atoms with E-state index in [1.165, 1.54) is 12.7 Å². The monoisotopic (exact) mass is 469 g/mol. The maximum atomic E-state index is 6.11. The van der Waals surface area contributed by atoms with Gasteiger partial charge in [0.15, 0.2) is 11.6 Å². The minimum atomic E-state index is 0.342. The lowest BCUT2D eigenvalue weighted by molar-refractivity contribution is 0.482. The van der Waals surface area contributed by atoms with E-state index in [-0.39, 0.29) is 0 Å². The molecule has 0 atom stereocenters. The van der Waals surface area contributed by atoms with Crippen molar-refractivity contribution >= 4 is 62.2 Å². The molecule has 0 spiro atoms. The van der Waals surface area contributed by atoms with Crippen LogP contribution < -0.4 is 15.8 Å². The van der Waals surface area contributed by atoms with E-state index in [4.69, 9.17) is 22.1 Å². The Kier molecular flexibility index (Phi) is 5.50. The number of nitrogens with one attached hydrogen (secondary N) is 1. The first-order valence-corrected chi connectivity index (χ1v) is 9.51. The standard InChI is InChI=1S/C19H13BrClN7O/c20-14-8-15-17(28-18(14)21)19(26-10-25-15)27-11-1-3-12(4-2-11)29-13-5-6-23-16(7-13)24-9-22/h1-10H,(H2,22,23,24)(H,25,26,27). The highest BCUT2D eigenvalue weighted by molar-refractivity contribution is 9.10. The molecule has 4 rings (SSSR count). The number of rotatable bonds is 5. The topological polar surface area (TPSA) is 111 Å². The van der Waals surface area contributed by atoms with Crippen LogP contribution in [0.3, 0.4) is 0 Å². The van der Waals surface area contributed by atoms with Crippen molar-refractivity contribution in [3.63, 3.8) is 0 Å². The summed E-state index contributed by atoms with van der Waals surface area (Å²) in [5.41, 5.74) is 7.35. The Hall–Kier alpha value is -3.30. The van der Waals surface area contributed by atoms with Crippen LogP contribution in [0.1, 0.15) is 0 Å². The zero-order chi connectivity index (χ0) is 20.2. The fourth-order valence-corrected chi connectivity index (χ4v) is 2.96. The second-order valence-corrected chi connectivity index (χ2v) is 6.94. The third-order valence-corrected chi connectivity index (χ3v) is 4.92. The predicted octanol–water partition coefficient (Wildman–Crippen LogP) is 4.99. The highest BCUT2D eigenvalue weighted by Gasteiger charge is 2.09. The Morgan fingerprint density at radius 2 is 1.90 bits per heavy atom. The van der Waals surface area contributed by atoms with Crippen molar-refractivity contribution in [1.82, 2.24) is 19.9 Å². The summed E-state index contributed by atoms with van der Waals surface area (Å²) in [5, 5.41) is 3.57. The number of aromatic nitrogens is 4. The number of hydrogen-bond donors (Lipinski definition) is 2. The Bertz CT molecular complexity index is 1200. The number of benzene rings is 1. The maximum Gasteiger partial charge on any atom is 0.160 e. The van der Waals surface area contributed by atoms with Gasteiger partial charge in [-0.25, -0.2) is 24.9 Å². The molecule has 3 N–H and O–H groups in total. The molecule has 10 heteroatoms. The van der Waals surface area contributed by atoms with Gasteiger partial charge in [-0.3, -0.25) is 0 Å². The Labute approximate surface area is 179 Å². The number of fused-ring (bicyclic) bond motifs is 1. The lowest BCUT2D eigenvalue weighted by Crippen LogP contribution is -1.98. The van der Waals surface area contributed by atoms with Crippen LogP contribution in [0, 0.1) is 0 Å². The van der Waals surface area contributed by atoms with E-state index in [1.54, 1.807) is 24.4 Å². The molecule has 29 heavy (non-hydrogen) atoms. The van der Waals surface area contributed by atoms with Gasteiger partial charge in [0.25, 0.3) is 0 Å². The normalized spacial score (nSPS) is 11.1. The molecule has 1 aromatic carbocycles. The van der Waals surface area contributed by atoms with Crippen LogP contribution in [-0.2, 0) is 0 Å². The van der Waals surface area contributed by atoms with Crippen molar-refractivity contribution in [3.8, 4) is 11.5 Å². The number of ether oxygens (including phenoxy) is 1. The van der Waals surface area contributed by atoms with Gasteiger partial charge >= 0.3 is 0 Å². The number of pyridine rings is 2. The van der Waals surface area contributed by atoms with Crippen LogP contribution in [0.4, 0.5) is 17.3 Å². The maximum absolute atomic E-state index is 6.11. The smallest absolute Gasteiger partial charge is 0.160 e. The summed E-state index contributed by atoms with van der Waals surface area (Å²) >= 11 is 9.46. The second kappa shape index (κ2) is 8.38. The molecule has 0 aliphatic rings. The minimum Gasteiger partial charge on any atom is -0.457 e. The molecule has 0 radical (unpaired) electrons. The van der Waals surface area contributed by atoms with Gasteiger partial charge in [-0.1, -0.05) is 11.6 Å². The summed E-state index contributed by atoms with van der Waals surface area (Å²) in [4.78, 5) is 20.8. The molecule has 0 saturated carbocycles. The fourth-order valence-electron chi connectivity index (χ4n) is 2.52. The molecule has 3 heterocycles. The van der Waals surface area contributed by atoms with Crippen molar-refractivity contribution in [2.24, 2.45) is 10.7 Å². The van der Waals surface area contributed by atoms with Crippen molar-refractivity contribution in [1.29, 1.82) is 0 Å². The highest BCUT2D eigenvalue weighted by atomic mass is 79.9. The number of halogens is 2. The lowest BCUT2D eigenvalue weighted by atomic mass is 10.3. The molecule has 0 amide bonds. The zero-order valence-corrected chi connectivity index (χ0v) is 17.1. The van der Waals surface area contributed by atoms with Crippen LogP contribution >= 0.6 is 27.5 Å².